The van der Waals surface area contributed by atoms with Gasteiger partial charge in [0, 0.05) is 23.6 Å². The molecule has 7 fully saturated rings. The molecular weight excluding hydrogens is 522 g/mol. The summed E-state index contributed by atoms with van der Waals surface area (Å²) < 4.78 is 34.4. The Balaban J connectivity index is 1.08. The van der Waals surface area contributed by atoms with Crippen LogP contribution in [-0.4, -0.2) is 28.3 Å². The molecule has 7 aliphatic rings. The van der Waals surface area contributed by atoms with Crippen LogP contribution in [0.2, 0.25) is 0 Å². The van der Waals surface area contributed by atoms with Crippen molar-refractivity contribution in [3.05, 3.63) is 71.4 Å². The van der Waals surface area contributed by atoms with Gasteiger partial charge in [0.15, 0.2) is 5.82 Å². The number of hydrogen-bond acceptors (Lipinski definition) is 4. The van der Waals surface area contributed by atoms with Gasteiger partial charge in [0.2, 0.25) is 17.5 Å². The summed E-state index contributed by atoms with van der Waals surface area (Å²) in [5.74, 6) is 1.61. The smallest absolute Gasteiger partial charge is 0.233 e. The quantitative estimate of drug-likeness (QED) is 0.279. The first-order valence-corrected chi connectivity index (χ1v) is 14.9. The fourth-order valence-corrected chi connectivity index (χ4v) is 8.20. The van der Waals surface area contributed by atoms with Crippen molar-refractivity contribution < 1.29 is 18.1 Å². The number of rotatable bonds is 7. The largest absolute Gasteiger partial charge is 0.339 e. The van der Waals surface area contributed by atoms with Gasteiger partial charge in [-0.05, 0) is 111 Å². The molecule has 0 N–H and O–H groups in total. The normalized spacial score (nSPS) is 33.0. The number of fused-ring (bicyclic) bond motifs is 3. The zero-order valence-electron chi connectivity index (χ0n) is 23.0. The standard InChI is InChI=1S/C33H32F2N4O2/c1-36-26-16-23(7-8-25(26)34)22-3-2-4-24(15-22)39(29(40)32-17-33(35,18-32)19-32)20-30-9-12-31(13-10-30,14-11-30)28-37-27(38-41-28)21-5-6-21/h2-4,7-8,15-16,21H,5-6,9-14,17-20H2. The van der Waals surface area contributed by atoms with Gasteiger partial charge in [-0.1, -0.05) is 23.4 Å². The van der Waals surface area contributed by atoms with E-state index >= 15 is 0 Å². The molecule has 0 atom stereocenters. The number of halogens is 2. The molecule has 210 valence electrons. The third-order valence-corrected chi connectivity index (χ3v) is 11.0. The van der Waals surface area contributed by atoms with E-state index in [0.717, 1.165) is 79.9 Å². The van der Waals surface area contributed by atoms with Crippen LogP contribution in [0.5, 0.6) is 0 Å². The van der Waals surface area contributed by atoms with Crippen molar-refractivity contribution in [2.45, 2.75) is 87.6 Å². The molecule has 1 aromatic heterocycles. The Bertz CT molecular complexity index is 1570. The molecule has 0 saturated heterocycles. The number of carbonyl (C=O) groups is 1. The summed E-state index contributed by atoms with van der Waals surface area (Å²) in [6.45, 7) is 7.89. The van der Waals surface area contributed by atoms with Gasteiger partial charge >= 0.3 is 0 Å². The molecule has 1 heterocycles. The number of nitrogens with zero attached hydrogens (tertiary/aromatic N) is 4. The second-order valence-corrected chi connectivity index (χ2v) is 13.7. The zero-order chi connectivity index (χ0) is 28.0. The summed E-state index contributed by atoms with van der Waals surface area (Å²) in [7, 11) is 0. The van der Waals surface area contributed by atoms with Crippen molar-refractivity contribution in [3.63, 3.8) is 0 Å². The van der Waals surface area contributed by atoms with Crippen LogP contribution >= 0.6 is 0 Å². The number of hydrogen-bond donors (Lipinski definition) is 0. The molecule has 1 amide bonds. The van der Waals surface area contributed by atoms with Crippen LogP contribution in [0.4, 0.5) is 20.2 Å². The molecule has 8 heteroatoms. The summed E-state index contributed by atoms with van der Waals surface area (Å²) in [4.78, 5) is 24.2. The summed E-state index contributed by atoms with van der Waals surface area (Å²) in [6, 6.07) is 12.2. The minimum atomic E-state index is -1.16. The predicted octanol–water partition coefficient (Wildman–Crippen LogP) is 7.82. The molecule has 3 aromatic rings. The van der Waals surface area contributed by atoms with Crippen LogP contribution in [-0.2, 0) is 10.2 Å². The average molecular weight is 555 g/mol. The van der Waals surface area contributed by atoms with Crippen molar-refractivity contribution in [1.29, 1.82) is 0 Å². The third kappa shape index (κ3) is 3.88. The molecule has 7 saturated carbocycles. The van der Waals surface area contributed by atoms with Crippen molar-refractivity contribution in [2.24, 2.45) is 10.8 Å². The summed E-state index contributed by atoms with van der Waals surface area (Å²) in [6.07, 6.45) is 9.07. The highest BCUT2D eigenvalue weighted by molar-refractivity contribution is 6.00. The second kappa shape index (κ2) is 8.47. The van der Waals surface area contributed by atoms with Crippen LogP contribution in [0.3, 0.4) is 0 Å². The molecule has 7 aliphatic carbocycles. The lowest BCUT2D eigenvalue weighted by Gasteiger charge is -2.65. The van der Waals surface area contributed by atoms with Crippen molar-refractivity contribution in [1.82, 2.24) is 10.1 Å². The molecule has 0 spiro atoms. The first-order chi connectivity index (χ1) is 19.7. The van der Waals surface area contributed by atoms with E-state index in [-0.39, 0.29) is 22.4 Å². The van der Waals surface area contributed by atoms with Gasteiger partial charge < -0.3 is 9.42 Å². The number of amides is 1. The van der Waals surface area contributed by atoms with Crippen LogP contribution in [0.25, 0.3) is 16.0 Å². The van der Waals surface area contributed by atoms with E-state index in [9.17, 15) is 13.6 Å². The van der Waals surface area contributed by atoms with Gasteiger partial charge in [-0.2, -0.15) is 4.98 Å². The van der Waals surface area contributed by atoms with E-state index in [4.69, 9.17) is 16.1 Å². The van der Waals surface area contributed by atoms with Gasteiger partial charge in [-0.3, -0.25) is 4.79 Å². The summed E-state index contributed by atoms with van der Waals surface area (Å²) in [5, 5.41) is 4.29. The van der Waals surface area contributed by atoms with Crippen LogP contribution < -0.4 is 4.90 Å². The van der Waals surface area contributed by atoms with Gasteiger partial charge in [0.25, 0.3) is 0 Å². The van der Waals surface area contributed by atoms with E-state index in [1.807, 2.05) is 29.2 Å². The molecule has 2 aromatic carbocycles. The minimum Gasteiger partial charge on any atom is -0.339 e. The van der Waals surface area contributed by atoms with E-state index in [0.29, 0.717) is 31.7 Å². The highest BCUT2D eigenvalue weighted by Crippen LogP contribution is 2.70. The first-order valence-electron chi connectivity index (χ1n) is 14.9. The highest BCUT2D eigenvalue weighted by Gasteiger charge is 2.73. The monoisotopic (exact) mass is 554 g/mol. The molecule has 0 aliphatic heterocycles. The minimum absolute atomic E-state index is 0.0170. The Kier molecular flexibility index (Phi) is 5.19. The molecule has 4 bridgehead atoms. The number of benzene rings is 2. The van der Waals surface area contributed by atoms with Crippen LogP contribution in [0, 0.1) is 23.2 Å². The fraction of sp³-hybridized carbons (Fsp3) is 0.515. The molecule has 6 nitrogen and oxygen atoms in total. The Hall–Kier alpha value is -3.60. The molecule has 10 rings (SSSR count). The van der Waals surface area contributed by atoms with Gasteiger partial charge in [-0.15, -0.1) is 0 Å². The van der Waals surface area contributed by atoms with Gasteiger partial charge in [-0.25, -0.2) is 13.6 Å². The van der Waals surface area contributed by atoms with E-state index in [1.165, 1.54) is 6.07 Å². The predicted molar refractivity (Wildman–Crippen MR) is 149 cm³/mol. The maximum atomic E-state index is 14.6. The Morgan fingerprint density at radius 1 is 1.02 bits per heavy atom. The SMILES string of the molecule is [C-]#[N+]c1cc(-c2cccc(N(CC34CCC(c5nc(C6CC6)no5)(CC3)CC4)C(=O)C34CC(F)(C3)C4)c2)ccc1F. The number of carbonyl (C=O) groups excluding carboxylic acids is 1. The number of aromatic nitrogens is 2. The fourth-order valence-electron chi connectivity index (χ4n) is 8.20. The third-order valence-electron chi connectivity index (χ3n) is 11.0. The maximum Gasteiger partial charge on any atom is 0.233 e. The molecule has 0 radical (unpaired) electrons. The van der Waals surface area contributed by atoms with Crippen molar-refractivity contribution >= 4 is 17.3 Å². The van der Waals surface area contributed by atoms with Gasteiger partial charge in [0.1, 0.15) is 11.5 Å². The topological polar surface area (TPSA) is 63.6 Å². The molecular formula is C33H32F2N4O2. The maximum absolute atomic E-state index is 14.6. The zero-order valence-corrected chi connectivity index (χ0v) is 23.0. The number of alkyl halides is 1. The van der Waals surface area contributed by atoms with Crippen LogP contribution in [0.15, 0.2) is 47.0 Å². The molecule has 41 heavy (non-hydrogen) atoms. The Morgan fingerprint density at radius 2 is 1.73 bits per heavy atom. The Labute approximate surface area is 237 Å². The van der Waals surface area contributed by atoms with Crippen molar-refractivity contribution in [3.8, 4) is 11.1 Å². The first kappa shape index (κ1) is 25.1. The number of anilines is 1. The molecule has 0 unspecified atom stereocenters. The van der Waals surface area contributed by atoms with Gasteiger partial charge in [0.05, 0.1) is 12.0 Å². The lowest BCUT2D eigenvalue weighted by molar-refractivity contribution is -0.211. The lowest BCUT2D eigenvalue weighted by Crippen LogP contribution is -2.71. The van der Waals surface area contributed by atoms with E-state index in [1.54, 1.807) is 12.1 Å². The second-order valence-electron chi connectivity index (χ2n) is 13.7. The summed E-state index contributed by atoms with van der Waals surface area (Å²) >= 11 is 0. The Morgan fingerprint density at radius 3 is 2.39 bits per heavy atom. The van der Waals surface area contributed by atoms with Crippen molar-refractivity contribution in [2.75, 3.05) is 11.4 Å². The van der Waals surface area contributed by atoms with E-state index < -0.39 is 16.9 Å². The van der Waals surface area contributed by atoms with E-state index in [2.05, 4.69) is 10.0 Å². The highest BCUT2D eigenvalue weighted by atomic mass is 19.1. The summed E-state index contributed by atoms with van der Waals surface area (Å²) in [5.41, 5.74) is 0.460. The average Bonchev–Trinajstić information content (AvgIpc) is 3.70. The lowest BCUT2D eigenvalue weighted by atomic mass is 9.41. The van der Waals surface area contributed by atoms with Crippen LogP contribution in [0.1, 0.15) is 88.3 Å².